The van der Waals surface area contributed by atoms with Crippen LogP contribution in [-0.2, 0) is 24.1 Å². The van der Waals surface area contributed by atoms with E-state index in [-0.39, 0.29) is 11.6 Å². The predicted octanol–water partition coefficient (Wildman–Crippen LogP) is 1.60. The monoisotopic (exact) mass is 242 g/mol. The van der Waals surface area contributed by atoms with Crippen LogP contribution in [0.1, 0.15) is 41.5 Å². The summed E-state index contributed by atoms with van der Waals surface area (Å²) in [6.07, 6.45) is 0. The lowest BCUT2D eigenvalue weighted by atomic mass is 9.56. The van der Waals surface area contributed by atoms with Crippen LogP contribution in [-0.4, -0.2) is 23.1 Å². The van der Waals surface area contributed by atoms with Gasteiger partial charge in [0.25, 0.3) is 0 Å². The summed E-state index contributed by atoms with van der Waals surface area (Å²) in [4.78, 5) is 34.5. The van der Waals surface area contributed by atoms with Crippen molar-refractivity contribution < 1.29 is 24.1 Å². The molecule has 5 nitrogen and oxygen atoms in total. The number of hydrogen-bond donors (Lipinski definition) is 0. The molecule has 5 heteroatoms. The summed E-state index contributed by atoms with van der Waals surface area (Å²) >= 11 is 0. The highest BCUT2D eigenvalue weighted by Crippen LogP contribution is 2.68. The predicted molar refractivity (Wildman–Crippen MR) is 57.6 cm³/mol. The molecule has 4 atom stereocenters. The van der Waals surface area contributed by atoms with E-state index in [1.807, 2.05) is 0 Å². The highest BCUT2D eigenvalue weighted by atomic mass is 17.3. The first-order valence-corrected chi connectivity index (χ1v) is 5.64. The maximum Gasteiger partial charge on any atom is 0.215 e. The maximum atomic E-state index is 12.1. The van der Waals surface area contributed by atoms with Crippen LogP contribution in [0, 0.1) is 10.8 Å². The van der Waals surface area contributed by atoms with Gasteiger partial charge >= 0.3 is 0 Å². The lowest BCUT2D eigenvalue weighted by Gasteiger charge is -2.48. The van der Waals surface area contributed by atoms with Gasteiger partial charge in [-0.15, -0.1) is 0 Å². The topological polar surface area (TPSA) is 61.8 Å². The minimum atomic E-state index is -1.23. The lowest BCUT2D eigenvalue weighted by molar-refractivity contribution is -0.414. The van der Waals surface area contributed by atoms with Gasteiger partial charge < -0.3 is 4.74 Å². The Balaban J connectivity index is 2.72. The lowest BCUT2D eigenvalue weighted by Crippen LogP contribution is -2.62. The summed E-state index contributed by atoms with van der Waals surface area (Å²) in [7, 11) is 0. The molecule has 0 N–H and O–H groups in total. The van der Waals surface area contributed by atoms with Gasteiger partial charge in [-0.05, 0) is 41.5 Å². The third-order valence-electron chi connectivity index (χ3n) is 4.97. The summed E-state index contributed by atoms with van der Waals surface area (Å²) in [6.45, 7) is 9.56. The maximum absolute atomic E-state index is 12.1. The van der Waals surface area contributed by atoms with Crippen molar-refractivity contribution in [2.24, 2.45) is 10.8 Å². The normalized spacial score (nSPS) is 52.8. The average Bonchev–Trinajstić information content (AvgIpc) is 2.59. The van der Waals surface area contributed by atoms with E-state index in [2.05, 4.69) is 0 Å². The summed E-state index contributed by atoms with van der Waals surface area (Å²) in [6, 6.07) is 0. The third-order valence-corrected chi connectivity index (χ3v) is 4.97. The van der Waals surface area contributed by atoms with Crippen molar-refractivity contribution in [3.8, 4) is 0 Å². The molecule has 2 heterocycles. The van der Waals surface area contributed by atoms with Crippen molar-refractivity contribution in [1.82, 2.24) is 0 Å². The molecule has 0 aromatic rings. The highest BCUT2D eigenvalue weighted by molar-refractivity contribution is 5.95. The second kappa shape index (κ2) is 2.96. The molecule has 0 saturated carbocycles. The summed E-state index contributed by atoms with van der Waals surface area (Å²) in [5.41, 5.74) is -2.14. The third kappa shape index (κ3) is 1.01. The molecule has 0 spiro atoms. The van der Waals surface area contributed by atoms with Crippen LogP contribution in [0.2, 0.25) is 0 Å². The van der Waals surface area contributed by atoms with Gasteiger partial charge in [-0.25, -0.2) is 0 Å². The van der Waals surface area contributed by atoms with Crippen LogP contribution in [0.5, 0.6) is 0 Å². The van der Waals surface area contributed by atoms with Gasteiger partial charge in [-0.3, -0.25) is 9.59 Å². The summed E-state index contributed by atoms with van der Waals surface area (Å²) in [5.74, 6) is -2.75. The zero-order chi connectivity index (χ0) is 13.3. The van der Waals surface area contributed by atoms with E-state index in [0.29, 0.717) is 0 Å². The Morgan fingerprint density at radius 3 is 1.29 bits per heavy atom. The Bertz CT molecular complexity index is 381. The molecule has 96 valence electrons. The van der Waals surface area contributed by atoms with Crippen LogP contribution in [0.4, 0.5) is 0 Å². The molecule has 0 radical (unpaired) electrons. The molecule has 0 aromatic carbocycles. The summed E-state index contributed by atoms with van der Waals surface area (Å²) in [5, 5.41) is 0. The van der Waals surface area contributed by atoms with E-state index in [0.717, 1.165) is 0 Å². The van der Waals surface area contributed by atoms with Crippen LogP contribution < -0.4 is 0 Å². The Labute approximate surface area is 100 Å². The first-order chi connectivity index (χ1) is 7.55. The van der Waals surface area contributed by atoms with Crippen LogP contribution >= 0.6 is 0 Å². The molecule has 2 fully saturated rings. The fraction of sp³-hybridized carbons (Fsp3) is 0.833. The van der Waals surface area contributed by atoms with Crippen molar-refractivity contribution in [2.45, 2.75) is 53.1 Å². The van der Waals surface area contributed by atoms with Crippen LogP contribution in [0.25, 0.3) is 0 Å². The molecular formula is C12H18O5. The molecule has 2 rings (SSSR count). The van der Waals surface area contributed by atoms with E-state index < -0.39 is 22.4 Å². The van der Waals surface area contributed by atoms with Gasteiger partial charge in [0, 0.05) is 0 Å². The van der Waals surface area contributed by atoms with Crippen molar-refractivity contribution >= 4 is 11.6 Å². The smallest absolute Gasteiger partial charge is 0.215 e. The molecule has 0 amide bonds. The minimum Gasteiger partial charge on any atom is -0.311 e. The molecular weight excluding hydrogens is 224 g/mol. The second-order valence-electron chi connectivity index (χ2n) is 5.52. The Morgan fingerprint density at radius 1 is 0.765 bits per heavy atom. The fourth-order valence-corrected chi connectivity index (χ4v) is 3.19. The molecule has 4 unspecified atom stereocenters. The average molecular weight is 242 g/mol. The van der Waals surface area contributed by atoms with E-state index in [9.17, 15) is 9.59 Å². The Morgan fingerprint density at radius 2 is 1.06 bits per heavy atom. The van der Waals surface area contributed by atoms with Gasteiger partial charge in [0.1, 0.15) is 11.6 Å². The molecule has 2 saturated heterocycles. The molecule has 2 bridgehead atoms. The van der Waals surface area contributed by atoms with E-state index in [1.165, 1.54) is 13.8 Å². The fourth-order valence-electron chi connectivity index (χ4n) is 3.19. The Kier molecular flexibility index (Phi) is 2.21. The number of fused-ring (bicyclic) bond motifs is 2. The largest absolute Gasteiger partial charge is 0.311 e. The number of carbonyl (C=O) groups is 2. The number of ether oxygens (including phenoxy) is 1. The zero-order valence-corrected chi connectivity index (χ0v) is 11.0. The number of ketones is 2. The molecule has 0 aliphatic carbocycles. The van der Waals surface area contributed by atoms with E-state index >= 15 is 0 Å². The van der Waals surface area contributed by atoms with E-state index in [4.69, 9.17) is 14.5 Å². The standard InChI is InChI=1S/C12H18O5/c1-7(13)9(3)10(4,8(2)14)12(6)15-11(9,5)16-17-12/h1-6H3. The first-order valence-electron chi connectivity index (χ1n) is 5.64. The van der Waals surface area contributed by atoms with Crippen molar-refractivity contribution in [2.75, 3.05) is 0 Å². The van der Waals surface area contributed by atoms with Gasteiger partial charge in [-0.1, -0.05) is 0 Å². The number of hydrogen-bond acceptors (Lipinski definition) is 5. The molecule has 2 aliphatic rings. The van der Waals surface area contributed by atoms with Gasteiger partial charge in [-0.2, -0.15) is 9.78 Å². The molecule has 0 aromatic heterocycles. The zero-order valence-electron chi connectivity index (χ0n) is 11.0. The van der Waals surface area contributed by atoms with Crippen LogP contribution in [0.15, 0.2) is 0 Å². The number of Topliss-reactive ketones (excluding diaryl/α,β-unsaturated/α-hetero) is 2. The van der Waals surface area contributed by atoms with Crippen molar-refractivity contribution in [1.29, 1.82) is 0 Å². The van der Waals surface area contributed by atoms with Crippen LogP contribution in [0.3, 0.4) is 0 Å². The number of rotatable bonds is 2. The van der Waals surface area contributed by atoms with Crippen molar-refractivity contribution in [3.63, 3.8) is 0 Å². The quantitative estimate of drug-likeness (QED) is 0.688. The van der Waals surface area contributed by atoms with Gasteiger partial charge in [0.05, 0.1) is 10.8 Å². The first kappa shape index (κ1) is 12.7. The molecule has 17 heavy (non-hydrogen) atoms. The van der Waals surface area contributed by atoms with E-state index in [1.54, 1.807) is 27.7 Å². The van der Waals surface area contributed by atoms with Gasteiger partial charge in [0.15, 0.2) is 0 Å². The second-order valence-corrected chi connectivity index (χ2v) is 5.52. The number of carbonyl (C=O) groups excluding carboxylic acids is 2. The molecule has 2 aliphatic heterocycles. The Hall–Kier alpha value is -0.780. The SMILES string of the molecule is CC(=O)C1(C)C2(C)OOC(C)(O2)C1(C)C(C)=O. The highest BCUT2D eigenvalue weighted by Gasteiger charge is 2.82. The summed E-state index contributed by atoms with van der Waals surface area (Å²) < 4.78 is 5.72. The van der Waals surface area contributed by atoms with Gasteiger partial charge in [0.2, 0.25) is 11.6 Å². The van der Waals surface area contributed by atoms with Crippen molar-refractivity contribution in [3.05, 3.63) is 0 Å². The minimum absolute atomic E-state index is 0.148.